The molecule has 3 N–H and O–H groups in total. The average molecular weight is 226 g/mol. The van der Waals surface area contributed by atoms with Crippen molar-refractivity contribution in [3.8, 4) is 18.2 Å². The number of nitrogens with zero attached hydrogens (tertiary/aromatic N) is 3. The molecule has 0 bridgehead atoms. The van der Waals surface area contributed by atoms with Crippen molar-refractivity contribution in [2.24, 2.45) is 17.1 Å². The Morgan fingerprint density at radius 3 is 2.47 bits per heavy atom. The van der Waals surface area contributed by atoms with Gasteiger partial charge in [0.15, 0.2) is 5.41 Å². The average Bonchev–Trinajstić information content (AvgIpc) is 2.59. The van der Waals surface area contributed by atoms with Gasteiger partial charge < -0.3 is 10.8 Å². The van der Waals surface area contributed by atoms with E-state index in [-0.39, 0.29) is 17.0 Å². The molecule has 0 aliphatic heterocycles. The minimum absolute atomic E-state index is 0.0176. The van der Waals surface area contributed by atoms with Crippen LogP contribution in [-0.2, 0) is 0 Å². The standard InChI is InChI=1S/C12H10N4O/c13-4-8-11(16)10-7(2-1-3-9(10)17)12(8,5-14)6-15/h7,17H,1-3,16H2. The molecule has 17 heavy (non-hydrogen) atoms. The monoisotopic (exact) mass is 226 g/mol. The molecule has 0 heterocycles. The first-order valence-corrected chi connectivity index (χ1v) is 5.27. The van der Waals surface area contributed by atoms with E-state index in [1.54, 1.807) is 0 Å². The first-order valence-electron chi connectivity index (χ1n) is 5.27. The lowest BCUT2D eigenvalue weighted by molar-refractivity contribution is 0.311. The fourth-order valence-electron chi connectivity index (χ4n) is 2.69. The number of nitrogens with two attached hydrogens (primary N) is 1. The van der Waals surface area contributed by atoms with Gasteiger partial charge in [0.1, 0.15) is 0 Å². The summed E-state index contributed by atoms with van der Waals surface area (Å²) >= 11 is 0. The summed E-state index contributed by atoms with van der Waals surface area (Å²) in [7, 11) is 0. The van der Waals surface area contributed by atoms with Crippen LogP contribution >= 0.6 is 0 Å². The Balaban J connectivity index is 2.76. The molecule has 0 spiro atoms. The van der Waals surface area contributed by atoms with E-state index in [0.29, 0.717) is 24.8 Å². The zero-order valence-electron chi connectivity index (χ0n) is 9.06. The molecule has 5 nitrogen and oxygen atoms in total. The van der Waals surface area contributed by atoms with Crippen molar-refractivity contribution in [2.45, 2.75) is 19.3 Å². The maximum absolute atomic E-state index is 9.82. The van der Waals surface area contributed by atoms with Gasteiger partial charge in [0, 0.05) is 17.9 Å². The molecule has 0 aromatic rings. The minimum Gasteiger partial charge on any atom is -0.512 e. The van der Waals surface area contributed by atoms with E-state index >= 15 is 0 Å². The van der Waals surface area contributed by atoms with Crippen molar-refractivity contribution in [1.82, 2.24) is 0 Å². The van der Waals surface area contributed by atoms with Crippen LogP contribution in [-0.4, -0.2) is 5.11 Å². The van der Waals surface area contributed by atoms with Gasteiger partial charge in [-0.1, -0.05) is 0 Å². The molecular weight excluding hydrogens is 216 g/mol. The molecule has 84 valence electrons. The van der Waals surface area contributed by atoms with Gasteiger partial charge in [0.2, 0.25) is 0 Å². The molecule has 2 rings (SSSR count). The molecular formula is C12H10N4O. The first kappa shape index (κ1) is 11.0. The second-order valence-electron chi connectivity index (χ2n) is 4.24. The van der Waals surface area contributed by atoms with Crippen LogP contribution < -0.4 is 5.73 Å². The highest BCUT2D eigenvalue weighted by molar-refractivity contribution is 5.60. The Labute approximate surface area is 98.7 Å². The lowest BCUT2D eigenvalue weighted by Crippen LogP contribution is -2.28. The topological polar surface area (TPSA) is 118 Å². The van der Waals surface area contributed by atoms with Crippen molar-refractivity contribution < 1.29 is 5.11 Å². The van der Waals surface area contributed by atoms with E-state index < -0.39 is 11.3 Å². The zero-order valence-corrected chi connectivity index (χ0v) is 9.06. The molecule has 5 heteroatoms. The third kappa shape index (κ3) is 1.16. The lowest BCUT2D eigenvalue weighted by atomic mass is 9.71. The van der Waals surface area contributed by atoms with Crippen molar-refractivity contribution in [3.05, 3.63) is 22.6 Å². The number of allylic oxidation sites excluding steroid dienone is 3. The second-order valence-corrected chi connectivity index (χ2v) is 4.24. The molecule has 1 atom stereocenters. The van der Waals surface area contributed by atoms with Gasteiger partial charge >= 0.3 is 0 Å². The summed E-state index contributed by atoms with van der Waals surface area (Å²) < 4.78 is 0. The van der Waals surface area contributed by atoms with Crippen LogP contribution in [0.25, 0.3) is 0 Å². The van der Waals surface area contributed by atoms with Crippen LogP contribution in [0.15, 0.2) is 22.6 Å². The van der Waals surface area contributed by atoms with Gasteiger partial charge in [0.05, 0.1) is 35.2 Å². The maximum Gasteiger partial charge on any atom is 0.187 e. The Hall–Kier alpha value is -2.45. The number of rotatable bonds is 0. The molecule has 2 aliphatic rings. The number of hydrogen-bond donors (Lipinski definition) is 2. The zero-order chi connectivity index (χ0) is 12.6. The van der Waals surface area contributed by atoms with Crippen LogP contribution in [0, 0.1) is 45.3 Å². The van der Waals surface area contributed by atoms with Gasteiger partial charge in [-0.05, 0) is 12.8 Å². The predicted molar refractivity (Wildman–Crippen MR) is 57.5 cm³/mol. The van der Waals surface area contributed by atoms with E-state index in [1.165, 1.54) is 0 Å². The van der Waals surface area contributed by atoms with Crippen LogP contribution in [0.5, 0.6) is 0 Å². The lowest BCUT2D eigenvalue weighted by Gasteiger charge is -2.26. The Bertz CT molecular complexity index is 551. The van der Waals surface area contributed by atoms with Crippen molar-refractivity contribution in [1.29, 1.82) is 15.8 Å². The summed E-state index contributed by atoms with van der Waals surface area (Å²) in [6.07, 6.45) is 1.77. The normalized spacial score (nSPS) is 25.8. The molecule has 0 saturated heterocycles. The molecule has 0 radical (unpaired) electrons. The maximum atomic E-state index is 9.82. The van der Waals surface area contributed by atoms with E-state index in [9.17, 15) is 15.6 Å². The van der Waals surface area contributed by atoms with Crippen molar-refractivity contribution in [2.75, 3.05) is 0 Å². The Morgan fingerprint density at radius 2 is 1.94 bits per heavy atom. The fourth-order valence-corrected chi connectivity index (χ4v) is 2.69. The summed E-state index contributed by atoms with van der Waals surface area (Å²) in [5.41, 5.74) is 4.79. The van der Waals surface area contributed by atoms with Crippen LogP contribution in [0.1, 0.15) is 19.3 Å². The van der Waals surface area contributed by atoms with Gasteiger partial charge in [-0.2, -0.15) is 15.8 Å². The van der Waals surface area contributed by atoms with E-state index in [2.05, 4.69) is 0 Å². The summed E-state index contributed by atoms with van der Waals surface area (Å²) in [6.45, 7) is 0. The summed E-state index contributed by atoms with van der Waals surface area (Å²) in [5.74, 6) is -0.361. The van der Waals surface area contributed by atoms with Gasteiger partial charge in [-0.25, -0.2) is 0 Å². The van der Waals surface area contributed by atoms with Crippen LogP contribution in [0.2, 0.25) is 0 Å². The summed E-state index contributed by atoms with van der Waals surface area (Å²) in [4.78, 5) is 0. The molecule has 0 aromatic carbocycles. The summed E-state index contributed by atoms with van der Waals surface area (Å²) in [5, 5.41) is 37.4. The van der Waals surface area contributed by atoms with Crippen molar-refractivity contribution in [3.63, 3.8) is 0 Å². The molecule has 0 saturated carbocycles. The number of hydrogen-bond acceptors (Lipinski definition) is 5. The smallest absolute Gasteiger partial charge is 0.187 e. The van der Waals surface area contributed by atoms with Crippen LogP contribution in [0.3, 0.4) is 0 Å². The van der Waals surface area contributed by atoms with Crippen molar-refractivity contribution >= 4 is 0 Å². The fraction of sp³-hybridized carbons (Fsp3) is 0.417. The number of aliphatic hydroxyl groups is 1. The number of aliphatic hydroxyl groups excluding tert-OH is 1. The number of fused-ring (bicyclic) bond motifs is 1. The minimum atomic E-state index is -1.53. The summed E-state index contributed by atoms with van der Waals surface area (Å²) in [6, 6.07) is 5.67. The quantitative estimate of drug-likeness (QED) is 0.646. The highest BCUT2D eigenvalue weighted by Gasteiger charge is 2.54. The molecule has 0 fully saturated rings. The Morgan fingerprint density at radius 1 is 1.29 bits per heavy atom. The van der Waals surface area contributed by atoms with Gasteiger partial charge in [-0.3, -0.25) is 0 Å². The number of nitriles is 3. The van der Waals surface area contributed by atoms with Gasteiger partial charge in [0.25, 0.3) is 0 Å². The third-order valence-electron chi connectivity index (χ3n) is 3.51. The third-order valence-corrected chi connectivity index (χ3v) is 3.51. The molecule has 1 unspecified atom stereocenters. The first-order chi connectivity index (χ1) is 8.12. The molecule has 0 amide bonds. The van der Waals surface area contributed by atoms with Gasteiger partial charge in [-0.15, -0.1) is 0 Å². The van der Waals surface area contributed by atoms with E-state index in [0.717, 1.165) is 0 Å². The second kappa shape index (κ2) is 3.54. The Kier molecular flexibility index (Phi) is 2.30. The molecule has 2 aliphatic carbocycles. The van der Waals surface area contributed by atoms with Crippen LogP contribution in [0.4, 0.5) is 0 Å². The highest BCUT2D eigenvalue weighted by atomic mass is 16.3. The van der Waals surface area contributed by atoms with E-state index in [1.807, 2.05) is 18.2 Å². The van der Waals surface area contributed by atoms with E-state index in [4.69, 9.17) is 11.0 Å². The predicted octanol–water partition coefficient (Wildman–Crippen LogP) is 1.38. The highest BCUT2D eigenvalue weighted by Crippen LogP contribution is 2.53. The SMILES string of the molecule is N#CC1=C(N)C2=C(O)CCCC2C1(C#N)C#N. The largest absolute Gasteiger partial charge is 0.512 e. The molecule has 0 aromatic heterocycles.